The SMILES string of the molecule is CN1CCN(c2ccc(CNC(=O)N(C)Cc3ccc(Cl)cc3)cn2)CC1. The first-order chi connectivity index (χ1) is 13.0. The Morgan fingerprint density at radius 2 is 1.78 bits per heavy atom. The van der Waals surface area contributed by atoms with Crippen molar-refractivity contribution < 1.29 is 4.79 Å². The molecule has 0 radical (unpaired) electrons. The van der Waals surface area contributed by atoms with E-state index in [9.17, 15) is 4.79 Å². The van der Waals surface area contributed by atoms with Crippen LogP contribution in [-0.4, -0.2) is 61.1 Å². The highest BCUT2D eigenvalue weighted by Crippen LogP contribution is 2.14. The van der Waals surface area contributed by atoms with Gasteiger partial charge in [0.1, 0.15) is 5.82 Å². The molecule has 2 heterocycles. The fraction of sp³-hybridized carbons (Fsp3) is 0.400. The van der Waals surface area contributed by atoms with Crippen molar-refractivity contribution in [3.8, 4) is 0 Å². The largest absolute Gasteiger partial charge is 0.354 e. The third-order valence-corrected chi connectivity index (χ3v) is 5.01. The maximum absolute atomic E-state index is 12.3. The molecule has 1 aliphatic heterocycles. The highest BCUT2D eigenvalue weighted by atomic mass is 35.5. The van der Waals surface area contributed by atoms with Gasteiger partial charge in [-0.1, -0.05) is 29.8 Å². The molecule has 3 rings (SSSR count). The number of likely N-dealkylation sites (N-methyl/N-ethyl adjacent to an activating group) is 1. The van der Waals surface area contributed by atoms with Gasteiger partial charge in [-0.25, -0.2) is 9.78 Å². The molecule has 2 amide bonds. The number of nitrogens with zero attached hydrogens (tertiary/aromatic N) is 4. The van der Waals surface area contributed by atoms with Gasteiger partial charge in [-0.2, -0.15) is 0 Å². The molecule has 0 atom stereocenters. The second-order valence-electron chi connectivity index (χ2n) is 6.96. The zero-order valence-corrected chi connectivity index (χ0v) is 16.6. The maximum Gasteiger partial charge on any atom is 0.317 e. The lowest BCUT2D eigenvalue weighted by Gasteiger charge is -2.33. The maximum atomic E-state index is 12.3. The zero-order chi connectivity index (χ0) is 19.2. The summed E-state index contributed by atoms with van der Waals surface area (Å²) in [5.74, 6) is 0.998. The number of halogens is 1. The van der Waals surface area contributed by atoms with E-state index in [1.165, 1.54) is 0 Å². The third-order valence-electron chi connectivity index (χ3n) is 4.76. The van der Waals surface area contributed by atoms with Gasteiger partial charge in [0.2, 0.25) is 0 Å². The van der Waals surface area contributed by atoms with Gasteiger partial charge in [0, 0.05) is 57.5 Å². The topological polar surface area (TPSA) is 51.7 Å². The molecule has 1 aliphatic rings. The number of hydrogen-bond acceptors (Lipinski definition) is 4. The highest BCUT2D eigenvalue weighted by molar-refractivity contribution is 6.30. The quantitative estimate of drug-likeness (QED) is 0.857. The van der Waals surface area contributed by atoms with Gasteiger partial charge in [0.05, 0.1) is 0 Å². The van der Waals surface area contributed by atoms with E-state index in [1.807, 2.05) is 42.6 Å². The number of piperazine rings is 1. The number of carbonyl (C=O) groups excluding carboxylic acids is 1. The van der Waals surface area contributed by atoms with E-state index in [0.717, 1.165) is 43.1 Å². The number of anilines is 1. The van der Waals surface area contributed by atoms with Crippen LogP contribution in [0.3, 0.4) is 0 Å². The standard InChI is InChI=1S/C20H26ClN5O/c1-24-9-11-26(12-10-24)19-8-5-17(13-22-19)14-23-20(27)25(2)15-16-3-6-18(21)7-4-16/h3-8,13H,9-12,14-15H2,1-2H3,(H,23,27). The molecule has 0 saturated carbocycles. The van der Waals surface area contributed by atoms with E-state index in [2.05, 4.69) is 27.1 Å². The molecule has 2 aromatic rings. The van der Waals surface area contributed by atoms with Gasteiger partial charge in [0.25, 0.3) is 0 Å². The normalized spacial score (nSPS) is 14.9. The van der Waals surface area contributed by atoms with Crippen LogP contribution in [0.25, 0.3) is 0 Å². The summed E-state index contributed by atoms with van der Waals surface area (Å²) < 4.78 is 0. The van der Waals surface area contributed by atoms with Crippen LogP contribution in [0.15, 0.2) is 42.6 Å². The smallest absolute Gasteiger partial charge is 0.317 e. The Balaban J connectivity index is 1.47. The number of aromatic nitrogens is 1. The lowest BCUT2D eigenvalue weighted by Crippen LogP contribution is -2.44. The van der Waals surface area contributed by atoms with Crippen LogP contribution in [0.2, 0.25) is 5.02 Å². The molecule has 0 spiro atoms. The Labute approximate surface area is 165 Å². The number of urea groups is 1. The minimum Gasteiger partial charge on any atom is -0.354 e. The van der Waals surface area contributed by atoms with Gasteiger partial charge in [-0.15, -0.1) is 0 Å². The number of benzene rings is 1. The number of amides is 2. The molecule has 0 unspecified atom stereocenters. The first-order valence-electron chi connectivity index (χ1n) is 9.13. The van der Waals surface area contributed by atoms with Gasteiger partial charge in [-0.3, -0.25) is 0 Å². The van der Waals surface area contributed by atoms with Crippen LogP contribution < -0.4 is 10.2 Å². The predicted octanol–water partition coefficient (Wildman–Crippen LogP) is 2.83. The molecule has 1 aromatic heterocycles. The molecule has 27 heavy (non-hydrogen) atoms. The van der Waals surface area contributed by atoms with E-state index in [4.69, 9.17) is 11.6 Å². The Bertz CT molecular complexity index is 742. The van der Waals surface area contributed by atoms with Crippen LogP contribution in [-0.2, 0) is 13.1 Å². The van der Waals surface area contributed by atoms with Crippen molar-refractivity contribution in [1.82, 2.24) is 20.1 Å². The molecule has 144 valence electrons. The monoisotopic (exact) mass is 387 g/mol. The first kappa shape index (κ1) is 19.5. The molecule has 7 heteroatoms. The summed E-state index contributed by atoms with van der Waals surface area (Å²) in [4.78, 5) is 23.1. The molecule has 1 fully saturated rings. The van der Waals surface area contributed by atoms with Crippen LogP contribution in [0.4, 0.5) is 10.6 Å². The Hall–Kier alpha value is -2.31. The van der Waals surface area contributed by atoms with Gasteiger partial charge < -0.3 is 20.0 Å². The summed E-state index contributed by atoms with van der Waals surface area (Å²) in [6.45, 7) is 5.09. The fourth-order valence-corrected chi connectivity index (χ4v) is 3.12. The Morgan fingerprint density at radius 1 is 1.11 bits per heavy atom. The number of pyridine rings is 1. The average Bonchev–Trinajstić information content (AvgIpc) is 2.69. The summed E-state index contributed by atoms with van der Waals surface area (Å²) in [7, 11) is 3.92. The summed E-state index contributed by atoms with van der Waals surface area (Å²) in [6, 6.07) is 11.4. The highest BCUT2D eigenvalue weighted by Gasteiger charge is 2.15. The summed E-state index contributed by atoms with van der Waals surface area (Å²) >= 11 is 5.89. The molecule has 1 aromatic carbocycles. The minimum absolute atomic E-state index is 0.118. The van der Waals surface area contributed by atoms with Crippen molar-refractivity contribution in [2.75, 3.05) is 45.2 Å². The molecule has 1 N–H and O–H groups in total. The summed E-state index contributed by atoms with van der Waals surface area (Å²) in [6.07, 6.45) is 1.84. The minimum atomic E-state index is -0.118. The molecule has 1 saturated heterocycles. The van der Waals surface area contributed by atoms with E-state index >= 15 is 0 Å². The summed E-state index contributed by atoms with van der Waals surface area (Å²) in [5.41, 5.74) is 2.02. The average molecular weight is 388 g/mol. The first-order valence-corrected chi connectivity index (χ1v) is 9.51. The lowest BCUT2D eigenvalue weighted by molar-refractivity contribution is 0.206. The van der Waals surface area contributed by atoms with E-state index < -0.39 is 0 Å². The van der Waals surface area contributed by atoms with Gasteiger partial charge in [-0.05, 0) is 36.4 Å². The van der Waals surface area contributed by atoms with E-state index in [1.54, 1.807) is 11.9 Å². The van der Waals surface area contributed by atoms with Crippen molar-refractivity contribution >= 4 is 23.4 Å². The lowest BCUT2D eigenvalue weighted by atomic mass is 10.2. The summed E-state index contributed by atoms with van der Waals surface area (Å²) in [5, 5.41) is 3.63. The van der Waals surface area contributed by atoms with Gasteiger partial charge in [0.15, 0.2) is 0 Å². The number of rotatable bonds is 5. The zero-order valence-electron chi connectivity index (χ0n) is 15.9. The number of hydrogen-bond donors (Lipinski definition) is 1. The molecular formula is C20H26ClN5O. The number of carbonyl (C=O) groups is 1. The molecule has 6 nitrogen and oxygen atoms in total. The van der Waals surface area contributed by atoms with Crippen molar-refractivity contribution in [3.05, 3.63) is 58.7 Å². The van der Waals surface area contributed by atoms with Crippen LogP contribution >= 0.6 is 11.6 Å². The molecule has 0 aliphatic carbocycles. The van der Waals surface area contributed by atoms with Crippen LogP contribution in [0, 0.1) is 0 Å². The van der Waals surface area contributed by atoms with Crippen LogP contribution in [0.5, 0.6) is 0 Å². The fourth-order valence-electron chi connectivity index (χ4n) is 2.99. The Kier molecular flexibility index (Phi) is 6.53. The van der Waals surface area contributed by atoms with Crippen molar-refractivity contribution in [2.24, 2.45) is 0 Å². The van der Waals surface area contributed by atoms with E-state index in [-0.39, 0.29) is 6.03 Å². The van der Waals surface area contributed by atoms with Crippen LogP contribution in [0.1, 0.15) is 11.1 Å². The van der Waals surface area contributed by atoms with Crippen molar-refractivity contribution in [1.29, 1.82) is 0 Å². The molecule has 0 bridgehead atoms. The molecular weight excluding hydrogens is 362 g/mol. The van der Waals surface area contributed by atoms with Crippen molar-refractivity contribution in [2.45, 2.75) is 13.1 Å². The van der Waals surface area contributed by atoms with Crippen molar-refractivity contribution in [3.63, 3.8) is 0 Å². The second kappa shape index (κ2) is 9.06. The Morgan fingerprint density at radius 3 is 2.41 bits per heavy atom. The van der Waals surface area contributed by atoms with Gasteiger partial charge >= 0.3 is 6.03 Å². The predicted molar refractivity (Wildman–Crippen MR) is 109 cm³/mol. The number of nitrogens with one attached hydrogen (secondary N) is 1. The second-order valence-corrected chi connectivity index (χ2v) is 7.39. The third kappa shape index (κ3) is 5.58. The van der Waals surface area contributed by atoms with E-state index in [0.29, 0.717) is 18.1 Å².